The number of aromatic nitrogens is 2. The second-order valence-corrected chi connectivity index (χ2v) is 6.31. The summed E-state index contributed by atoms with van der Waals surface area (Å²) >= 11 is 4.97. The first-order chi connectivity index (χ1) is 11.2. The first-order valence-corrected chi connectivity index (χ1v) is 8.73. The van der Waals surface area contributed by atoms with E-state index in [1.807, 2.05) is 36.6 Å². The molecule has 2 aromatic carbocycles. The lowest BCUT2D eigenvalue weighted by Crippen LogP contribution is -2.12. The van der Waals surface area contributed by atoms with Gasteiger partial charge in [0.15, 0.2) is 0 Å². The van der Waals surface area contributed by atoms with Gasteiger partial charge in [-0.1, -0.05) is 23.3 Å². The molecule has 1 heterocycles. The summed E-state index contributed by atoms with van der Waals surface area (Å²) in [6.45, 7) is 0. The lowest BCUT2D eigenvalue weighted by atomic mass is 10.2. The average Bonchev–Trinajstić information content (AvgIpc) is 3.03. The van der Waals surface area contributed by atoms with E-state index >= 15 is 0 Å². The minimum atomic E-state index is -0.314. The molecule has 5 nitrogen and oxygen atoms in total. The Balaban J connectivity index is 1.79. The molecule has 3 rings (SSSR count). The maximum absolute atomic E-state index is 12.2. The Bertz CT molecular complexity index is 851. The van der Waals surface area contributed by atoms with Gasteiger partial charge >= 0.3 is 6.01 Å². The second kappa shape index (κ2) is 6.97. The summed E-state index contributed by atoms with van der Waals surface area (Å²) in [7, 11) is 0. The third kappa shape index (κ3) is 3.62. The SMILES string of the molecule is CSc1cccc(-c2nnc(NC(=O)c3ccccc3Br)o2)c1. The smallest absolute Gasteiger partial charge is 0.322 e. The van der Waals surface area contributed by atoms with Crippen LogP contribution in [-0.4, -0.2) is 22.4 Å². The highest BCUT2D eigenvalue weighted by molar-refractivity contribution is 9.10. The van der Waals surface area contributed by atoms with Gasteiger partial charge in [0.1, 0.15) is 0 Å². The normalized spacial score (nSPS) is 10.5. The van der Waals surface area contributed by atoms with Gasteiger partial charge in [0, 0.05) is 14.9 Å². The summed E-state index contributed by atoms with van der Waals surface area (Å²) in [6, 6.07) is 14.9. The van der Waals surface area contributed by atoms with Crippen molar-refractivity contribution in [2.45, 2.75) is 4.90 Å². The molecule has 0 aliphatic rings. The highest BCUT2D eigenvalue weighted by Gasteiger charge is 2.14. The van der Waals surface area contributed by atoms with Crippen LogP contribution in [0.5, 0.6) is 0 Å². The molecule has 0 bridgehead atoms. The van der Waals surface area contributed by atoms with Crippen LogP contribution < -0.4 is 5.32 Å². The van der Waals surface area contributed by atoms with Crippen LogP contribution >= 0.6 is 27.7 Å². The fourth-order valence-corrected chi connectivity index (χ4v) is 2.88. The molecule has 1 amide bonds. The maximum Gasteiger partial charge on any atom is 0.322 e. The summed E-state index contributed by atoms with van der Waals surface area (Å²) in [5.74, 6) is 0.0499. The Morgan fingerprint density at radius 2 is 2.00 bits per heavy atom. The van der Waals surface area contributed by atoms with Crippen LogP contribution in [0, 0.1) is 0 Å². The van der Waals surface area contributed by atoms with Gasteiger partial charge in [0.05, 0.1) is 5.56 Å². The molecular weight excluding hydrogens is 378 g/mol. The van der Waals surface area contributed by atoms with E-state index in [0.717, 1.165) is 10.5 Å². The van der Waals surface area contributed by atoms with Gasteiger partial charge in [0.2, 0.25) is 5.89 Å². The Labute approximate surface area is 145 Å². The molecule has 1 N–H and O–H groups in total. The molecule has 1 aromatic heterocycles. The van der Waals surface area contributed by atoms with Gasteiger partial charge in [-0.25, -0.2) is 0 Å². The van der Waals surface area contributed by atoms with Gasteiger partial charge in [-0.05, 0) is 52.5 Å². The van der Waals surface area contributed by atoms with Crippen molar-refractivity contribution in [2.24, 2.45) is 0 Å². The van der Waals surface area contributed by atoms with E-state index in [1.165, 1.54) is 0 Å². The van der Waals surface area contributed by atoms with Crippen molar-refractivity contribution in [3.05, 3.63) is 58.6 Å². The zero-order valence-electron chi connectivity index (χ0n) is 12.1. The molecule has 0 aliphatic carbocycles. The van der Waals surface area contributed by atoms with E-state index in [9.17, 15) is 4.79 Å². The Morgan fingerprint density at radius 3 is 2.78 bits per heavy atom. The molecule has 0 aliphatic heterocycles. The third-order valence-corrected chi connectivity index (χ3v) is 4.50. The number of anilines is 1. The number of amides is 1. The number of benzene rings is 2. The van der Waals surface area contributed by atoms with Crippen LogP contribution in [0.25, 0.3) is 11.5 Å². The Hall–Kier alpha value is -2.12. The number of carbonyl (C=O) groups is 1. The fraction of sp³-hybridized carbons (Fsp3) is 0.0625. The molecule has 0 atom stereocenters. The van der Waals surface area contributed by atoms with E-state index < -0.39 is 0 Å². The topological polar surface area (TPSA) is 68.0 Å². The van der Waals surface area contributed by atoms with Crippen LogP contribution in [0.2, 0.25) is 0 Å². The summed E-state index contributed by atoms with van der Waals surface area (Å²) in [5.41, 5.74) is 1.31. The van der Waals surface area contributed by atoms with Gasteiger partial charge in [-0.15, -0.1) is 16.9 Å². The van der Waals surface area contributed by atoms with Crippen LogP contribution in [-0.2, 0) is 0 Å². The van der Waals surface area contributed by atoms with Crippen molar-refractivity contribution < 1.29 is 9.21 Å². The average molecular weight is 390 g/mol. The minimum Gasteiger partial charge on any atom is -0.403 e. The zero-order chi connectivity index (χ0) is 16.2. The molecule has 0 saturated heterocycles. The lowest BCUT2D eigenvalue weighted by molar-refractivity contribution is 0.102. The number of nitrogens with zero attached hydrogens (tertiary/aromatic N) is 2. The first-order valence-electron chi connectivity index (χ1n) is 6.71. The third-order valence-electron chi connectivity index (χ3n) is 3.08. The molecular formula is C16H12BrN3O2S. The quantitative estimate of drug-likeness (QED) is 0.666. The Morgan fingerprint density at radius 1 is 1.17 bits per heavy atom. The van der Waals surface area contributed by atoms with Crippen molar-refractivity contribution in [2.75, 3.05) is 11.6 Å². The standard InChI is InChI=1S/C16H12BrN3O2S/c1-23-11-6-4-5-10(9-11)15-19-20-16(22-15)18-14(21)12-7-2-3-8-13(12)17/h2-9H,1H3,(H,18,20,21). The molecule has 0 saturated carbocycles. The van der Waals surface area contributed by atoms with Gasteiger partial charge in [-0.3, -0.25) is 10.1 Å². The van der Waals surface area contributed by atoms with Crippen molar-refractivity contribution >= 4 is 39.6 Å². The van der Waals surface area contributed by atoms with Crippen molar-refractivity contribution in [1.82, 2.24) is 10.2 Å². The number of hydrogen-bond acceptors (Lipinski definition) is 5. The van der Waals surface area contributed by atoms with Crippen molar-refractivity contribution in [3.8, 4) is 11.5 Å². The van der Waals surface area contributed by atoms with E-state index in [1.54, 1.807) is 30.0 Å². The highest BCUT2D eigenvalue weighted by Crippen LogP contribution is 2.25. The number of nitrogens with one attached hydrogen (secondary N) is 1. The van der Waals surface area contributed by atoms with Crippen LogP contribution in [0.3, 0.4) is 0 Å². The summed E-state index contributed by atoms with van der Waals surface area (Å²) in [5, 5.41) is 10.5. The molecule has 23 heavy (non-hydrogen) atoms. The number of thioether (sulfide) groups is 1. The van der Waals surface area contributed by atoms with Crippen molar-refractivity contribution in [3.63, 3.8) is 0 Å². The Kier molecular flexibility index (Phi) is 4.78. The number of rotatable bonds is 4. The zero-order valence-corrected chi connectivity index (χ0v) is 14.5. The number of halogens is 1. The molecule has 7 heteroatoms. The molecule has 0 unspecified atom stereocenters. The number of hydrogen-bond donors (Lipinski definition) is 1. The number of carbonyl (C=O) groups excluding carboxylic acids is 1. The molecule has 0 radical (unpaired) electrons. The van der Waals surface area contributed by atoms with E-state index in [2.05, 4.69) is 31.4 Å². The minimum absolute atomic E-state index is 0.0651. The summed E-state index contributed by atoms with van der Waals surface area (Å²) < 4.78 is 6.22. The van der Waals surface area contributed by atoms with Gasteiger partial charge in [-0.2, -0.15) is 0 Å². The fourth-order valence-electron chi connectivity index (χ4n) is 1.96. The molecule has 116 valence electrons. The molecule has 3 aromatic rings. The predicted molar refractivity (Wildman–Crippen MR) is 93.6 cm³/mol. The second-order valence-electron chi connectivity index (χ2n) is 4.58. The summed E-state index contributed by atoms with van der Waals surface area (Å²) in [4.78, 5) is 13.3. The largest absolute Gasteiger partial charge is 0.403 e. The molecule has 0 fully saturated rings. The summed E-state index contributed by atoms with van der Waals surface area (Å²) in [6.07, 6.45) is 2.00. The predicted octanol–water partition coefficient (Wildman–Crippen LogP) is 4.47. The van der Waals surface area contributed by atoms with Crippen LogP contribution in [0.1, 0.15) is 10.4 Å². The van der Waals surface area contributed by atoms with E-state index in [4.69, 9.17) is 4.42 Å². The van der Waals surface area contributed by atoms with Crippen LogP contribution in [0.4, 0.5) is 6.01 Å². The van der Waals surface area contributed by atoms with E-state index in [-0.39, 0.29) is 11.9 Å². The lowest BCUT2D eigenvalue weighted by Gasteiger charge is -2.02. The van der Waals surface area contributed by atoms with Crippen LogP contribution in [0.15, 0.2) is 62.3 Å². The van der Waals surface area contributed by atoms with Gasteiger partial charge < -0.3 is 4.42 Å². The van der Waals surface area contributed by atoms with Crippen molar-refractivity contribution in [1.29, 1.82) is 0 Å². The van der Waals surface area contributed by atoms with E-state index in [0.29, 0.717) is 15.9 Å². The monoisotopic (exact) mass is 389 g/mol. The maximum atomic E-state index is 12.2. The highest BCUT2D eigenvalue weighted by atomic mass is 79.9. The molecule has 0 spiro atoms. The first kappa shape index (κ1) is 15.8. The van der Waals surface area contributed by atoms with Gasteiger partial charge in [0.25, 0.3) is 5.91 Å².